The standard InChI is InChI=1S/C18H16N2/c1-14-4-7-17(8-5-14)18-9-6-16(13-20-18)11-15-3-2-10-19-12-15/h2-10,12-13H,11H2,1H3. The van der Waals surface area contributed by atoms with Gasteiger partial charge in [-0.3, -0.25) is 9.97 Å². The molecule has 0 N–H and O–H groups in total. The number of aryl methyl sites for hydroxylation is 1. The van der Waals surface area contributed by atoms with Gasteiger partial charge in [0.2, 0.25) is 0 Å². The molecule has 0 amide bonds. The molecule has 0 atom stereocenters. The fraction of sp³-hybridized carbons (Fsp3) is 0.111. The maximum absolute atomic E-state index is 4.55. The van der Waals surface area contributed by atoms with E-state index in [4.69, 9.17) is 0 Å². The first-order chi connectivity index (χ1) is 9.81. The average Bonchev–Trinajstić information content (AvgIpc) is 2.50. The van der Waals surface area contributed by atoms with E-state index in [2.05, 4.69) is 59.4 Å². The Bertz CT molecular complexity index is 671. The molecule has 3 aromatic rings. The van der Waals surface area contributed by atoms with Crippen molar-refractivity contribution in [3.05, 3.63) is 83.8 Å². The summed E-state index contributed by atoms with van der Waals surface area (Å²) in [6, 6.07) is 16.7. The SMILES string of the molecule is Cc1ccc(-c2ccc(Cc3cccnc3)cn2)cc1. The Morgan fingerprint density at radius 2 is 1.65 bits per heavy atom. The summed E-state index contributed by atoms with van der Waals surface area (Å²) in [5.74, 6) is 0. The molecular weight excluding hydrogens is 244 g/mol. The molecule has 2 nitrogen and oxygen atoms in total. The lowest BCUT2D eigenvalue weighted by molar-refractivity contribution is 1.12. The summed E-state index contributed by atoms with van der Waals surface area (Å²) in [5.41, 5.74) is 5.84. The van der Waals surface area contributed by atoms with Crippen LogP contribution in [0, 0.1) is 6.92 Å². The van der Waals surface area contributed by atoms with Crippen LogP contribution in [0.4, 0.5) is 0 Å². The predicted octanol–water partition coefficient (Wildman–Crippen LogP) is 4.04. The zero-order chi connectivity index (χ0) is 13.8. The number of benzene rings is 1. The lowest BCUT2D eigenvalue weighted by atomic mass is 10.1. The second-order valence-electron chi connectivity index (χ2n) is 4.96. The molecule has 1 aromatic carbocycles. The summed E-state index contributed by atoms with van der Waals surface area (Å²) in [7, 11) is 0. The highest BCUT2D eigenvalue weighted by Gasteiger charge is 2.01. The number of hydrogen-bond donors (Lipinski definition) is 0. The van der Waals surface area contributed by atoms with Gasteiger partial charge in [-0.15, -0.1) is 0 Å². The van der Waals surface area contributed by atoms with Crippen LogP contribution >= 0.6 is 0 Å². The molecule has 0 fully saturated rings. The number of aromatic nitrogens is 2. The third-order valence-corrected chi connectivity index (χ3v) is 3.30. The van der Waals surface area contributed by atoms with E-state index in [1.165, 1.54) is 16.7 Å². The highest BCUT2D eigenvalue weighted by Crippen LogP contribution is 2.18. The van der Waals surface area contributed by atoms with E-state index >= 15 is 0 Å². The minimum absolute atomic E-state index is 0.870. The van der Waals surface area contributed by atoms with Gasteiger partial charge in [-0.1, -0.05) is 42.0 Å². The van der Waals surface area contributed by atoms with Crippen LogP contribution in [0.5, 0.6) is 0 Å². The van der Waals surface area contributed by atoms with Crippen molar-refractivity contribution in [1.82, 2.24) is 9.97 Å². The zero-order valence-corrected chi connectivity index (χ0v) is 11.5. The second-order valence-corrected chi connectivity index (χ2v) is 4.96. The Balaban J connectivity index is 1.79. The van der Waals surface area contributed by atoms with E-state index in [-0.39, 0.29) is 0 Å². The van der Waals surface area contributed by atoms with Gasteiger partial charge >= 0.3 is 0 Å². The van der Waals surface area contributed by atoms with Crippen molar-refractivity contribution in [2.45, 2.75) is 13.3 Å². The van der Waals surface area contributed by atoms with E-state index < -0.39 is 0 Å². The molecule has 3 rings (SSSR count). The molecule has 0 radical (unpaired) electrons. The Morgan fingerprint density at radius 1 is 0.850 bits per heavy atom. The Morgan fingerprint density at radius 3 is 2.30 bits per heavy atom. The molecular formula is C18H16N2. The molecule has 0 aliphatic rings. The highest BCUT2D eigenvalue weighted by molar-refractivity contribution is 5.59. The zero-order valence-electron chi connectivity index (χ0n) is 11.5. The van der Waals surface area contributed by atoms with Crippen molar-refractivity contribution in [2.75, 3.05) is 0 Å². The molecule has 0 spiro atoms. The van der Waals surface area contributed by atoms with Gasteiger partial charge in [0, 0.05) is 30.6 Å². The predicted molar refractivity (Wildman–Crippen MR) is 81.5 cm³/mol. The summed E-state index contributed by atoms with van der Waals surface area (Å²) in [6.45, 7) is 2.09. The molecule has 98 valence electrons. The van der Waals surface area contributed by atoms with Crippen LogP contribution in [0.25, 0.3) is 11.3 Å². The van der Waals surface area contributed by atoms with Crippen LogP contribution in [0.2, 0.25) is 0 Å². The van der Waals surface area contributed by atoms with Crippen molar-refractivity contribution >= 4 is 0 Å². The molecule has 2 heteroatoms. The van der Waals surface area contributed by atoms with E-state index in [1.807, 2.05) is 18.5 Å². The van der Waals surface area contributed by atoms with Gasteiger partial charge in [-0.05, 0) is 30.2 Å². The summed E-state index contributed by atoms with van der Waals surface area (Å²) >= 11 is 0. The smallest absolute Gasteiger partial charge is 0.0702 e. The third-order valence-electron chi connectivity index (χ3n) is 3.30. The summed E-state index contributed by atoms with van der Waals surface area (Å²) < 4.78 is 0. The fourth-order valence-electron chi connectivity index (χ4n) is 2.16. The number of hydrogen-bond acceptors (Lipinski definition) is 2. The third kappa shape index (κ3) is 2.91. The average molecular weight is 260 g/mol. The van der Waals surface area contributed by atoms with Crippen molar-refractivity contribution in [1.29, 1.82) is 0 Å². The summed E-state index contributed by atoms with van der Waals surface area (Å²) in [5, 5.41) is 0. The number of pyridine rings is 2. The minimum Gasteiger partial charge on any atom is -0.264 e. The normalized spacial score (nSPS) is 10.4. The van der Waals surface area contributed by atoms with Crippen LogP contribution in [0.15, 0.2) is 67.1 Å². The Labute approximate surface area is 119 Å². The first-order valence-corrected chi connectivity index (χ1v) is 6.72. The van der Waals surface area contributed by atoms with Gasteiger partial charge in [-0.25, -0.2) is 0 Å². The molecule has 0 saturated heterocycles. The number of nitrogens with zero attached hydrogens (tertiary/aromatic N) is 2. The van der Waals surface area contributed by atoms with Crippen molar-refractivity contribution in [3.8, 4) is 11.3 Å². The van der Waals surface area contributed by atoms with Crippen LogP contribution in [-0.4, -0.2) is 9.97 Å². The maximum Gasteiger partial charge on any atom is 0.0702 e. The lowest BCUT2D eigenvalue weighted by Crippen LogP contribution is -1.91. The van der Waals surface area contributed by atoms with Gasteiger partial charge in [0.05, 0.1) is 5.69 Å². The molecule has 2 aromatic heterocycles. The largest absolute Gasteiger partial charge is 0.264 e. The van der Waals surface area contributed by atoms with E-state index in [1.54, 1.807) is 6.20 Å². The minimum atomic E-state index is 0.870. The monoisotopic (exact) mass is 260 g/mol. The van der Waals surface area contributed by atoms with Gasteiger partial charge in [-0.2, -0.15) is 0 Å². The van der Waals surface area contributed by atoms with Crippen molar-refractivity contribution in [3.63, 3.8) is 0 Å². The first-order valence-electron chi connectivity index (χ1n) is 6.72. The fourth-order valence-corrected chi connectivity index (χ4v) is 2.16. The molecule has 0 aliphatic carbocycles. The van der Waals surface area contributed by atoms with E-state index in [9.17, 15) is 0 Å². The lowest BCUT2D eigenvalue weighted by Gasteiger charge is -2.04. The van der Waals surface area contributed by atoms with Crippen LogP contribution < -0.4 is 0 Å². The highest BCUT2D eigenvalue weighted by atomic mass is 14.7. The Kier molecular flexibility index (Phi) is 3.55. The quantitative estimate of drug-likeness (QED) is 0.710. The molecule has 0 aliphatic heterocycles. The van der Waals surface area contributed by atoms with Crippen LogP contribution in [-0.2, 0) is 6.42 Å². The van der Waals surface area contributed by atoms with Crippen molar-refractivity contribution in [2.24, 2.45) is 0 Å². The Hall–Kier alpha value is -2.48. The van der Waals surface area contributed by atoms with E-state index in [0.717, 1.165) is 17.7 Å². The van der Waals surface area contributed by atoms with Crippen LogP contribution in [0.3, 0.4) is 0 Å². The topological polar surface area (TPSA) is 25.8 Å². The first kappa shape index (κ1) is 12.5. The molecule has 0 saturated carbocycles. The van der Waals surface area contributed by atoms with Gasteiger partial charge in [0.25, 0.3) is 0 Å². The number of rotatable bonds is 3. The molecule has 2 heterocycles. The van der Waals surface area contributed by atoms with E-state index in [0.29, 0.717) is 0 Å². The van der Waals surface area contributed by atoms with Crippen LogP contribution in [0.1, 0.15) is 16.7 Å². The molecule has 0 bridgehead atoms. The van der Waals surface area contributed by atoms with Gasteiger partial charge in [0.1, 0.15) is 0 Å². The maximum atomic E-state index is 4.55. The van der Waals surface area contributed by atoms with Gasteiger partial charge in [0.15, 0.2) is 0 Å². The molecule has 0 unspecified atom stereocenters. The van der Waals surface area contributed by atoms with Gasteiger partial charge < -0.3 is 0 Å². The second kappa shape index (κ2) is 5.66. The van der Waals surface area contributed by atoms with Crippen molar-refractivity contribution < 1.29 is 0 Å². The summed E-state index contributed by atoms with van der Waals surface area (Å²) in [6.07, 6.45) is 6.51. The molecule has 20 heavy (non-hydrogen) atoms. The summed E-state index contributed by atoms with van der Waals surface area (Å²) in [4.78, 5) is 8.69.